The van der Waals surface area contributed by atoms with Crippen LogP contribution in [0.4, 0.5) is 0 Å². The summed E-state index contributed by atoms with van der Waals surface area (Å²) in [6.07, 6.45) is 1.70. The molecule has 0 atom stereocenters. The van der Waals surface area contributed by atoms with E-state index in [0.29, 0.717) is 12.3 Å². The number of hydrogen-bond donors (Lipinski definition) is 0. The topological polar surface area (TPSA) is 20.3 Å². The monoisotopic (exact) mass is 187 g/mol. The van der Waals surface area contributed by atoms with Gasteiger partial charge in [0.25, 0.3) is 0 Å². The second-order valence-electron chi connectivity index (χ2n) is 3.34. The van der Waals surface area contributed by atoms with Gasteiger partial charge in [-0.15, -0.1) is 0 Å². The van der Waals surface area contributed by atoms with Gasteiger partial charge in [-0.2, -0.15) is 0 Å². The summed E-state index contributed by atoms with van der Waals surface area (Å²) in [5.74, 6) is 0.894. The highest BCUT2D eigenvalue weighted by molar-refractivity contribution is 5.75. The van der Waals surface area contributed by atoms with Crippen molar-refractivity contribution in [2.45, 2.75) is 47.5 Å². The molecule has 0 radical (unpaired) electrons. The normalized spacial score (nSPS) is 9.15. The number of amides is 1. The summed E-state index contributed by atoms with van der Waals surface area (Å²) in [6, 6.07) is 0. The van der Waals surface area contributed by atoms with Crippen molar-refractivity contribution in [2.24, 2.45) is 5.92 Å². The minimum atomic E-state index is 0.265. The third-order valence-electron chi connectivity index (χ3n) is 1.84. The highest BCUT2D eigenvalue weighted by Gasteiger charge is 2.06. The first-order valence-corrected chi connectivity index (χ1v) is 5.31. The Morgan fingerprint density at radius 3 is 2.08 bits per heavy atom. The van der Waals surface area contributed by atoms with E-state index in [0.717, 1.165) is 13.0 Å². The van der Waals surface area contributed by atoms with Crippen LogP contribution in [0.2, 0.25) is 0 Å². The maximum Gasteiger partial charge on any atom is 0.222 e. The fourth-order valence-electron chi connectivity index (χ4n) is 0.779. The van der Waals surface area contributed by atoms with E-state index in [2.05, 4.69) is 13.8 Å². The molecule has 0 aliphatic heterocycles. The van der Waals surface area contributed by atoms with Crippen LogP contribution < -0.4 is 0 Å². The van der Waals surface area contributed by atoms with Gasteiger partial charge in [-0.05, 0) is 19.3 Å². The van der Waals surface area contributed by atoms with E-state index in [1.54, 1.807) is 4.90 Å². The van der Waals surface area contributed by atoms with Gasteiger partial charge in [0, 0.05) is 20.0 Å². The maximum atomic E-state index is 11.2. The van der Waals surface area contributed by atoms with Crippen LogP contribution in [-0.2, 0) is 4.79 Å². The second kappa shape index (κ2) is 9.56. The molecule has 0 N–H and O–H groups in total. The van der Waals surface area contributed by atoms with Crippen LogP contribution in [0.25, 0.3) is 0 Å². The molecule has 0 heterocycles. The van der Waals surface area contributed by atoms with Gasteiger partial charge in [-0.1, -0.05) is 27.7 Å². The molecule has 0 unspecified atom stereocenters. The number of carbonyl (C=O) groups is 1. The third-order valence-corrected chi connectivity index (χ3v) is 1.84. The molecule has 0 aliphatic carbocycles. The van der Waals surface area contributed by atoms with Gasteiger partial charge in [0.1, 0.15) is 0 Å². The van der Waals surface area contributed by atoms with Gasteiger partial charge in [0.2, 0.25) is 5.91 Å². The number of hydrogen-bond acceptors (Lipinski definition) is 1. The Hall–Kier alpha value is -0.530. The highest BCUT2D eigenvalue weighted by atomic mass is 16.2. The molecule has 2 nitrogen and oxygen atoms in total. The summed E-state index contributed by atoms with van der Waals surface area (Å²) in [4.78, 5) is 13.0. The Morgan fingerprint density at radius 1 is 1.31 bits per heavy atom. The second-order valence-corrected chi connectivity index (χ2v) is 3.34. The molecular weight excluding hydrogens is 162 g/mol. The molecule has 0 aromatic carbocycles. The maximum absolute atomic E-state index is 11.2. The Bertz CT molecular complexity index is 121. The van der Waals surface area contributed by atoms with Gasteiger partial charge in [-0.3, -0.25) is 4.79 Å². The molecule has 0 spiro atoms. The summed E-state index contributed by atoms with van der Waals surface area (Å²) >= 11 is 0. The van der Waals surface area contributed by atoms with E-state index in [1.807, 2.05) is 27.8 Å². The first kappa shape index (κ1) is 15.0. The largest absolute Gasteiger partial charge is 0.346 e. The number of rotatable bonds is 4. The molecule has 0 saturated heterocycles. The predicted molar refractivity (Wildman–Crippen MR) is 58.7 cm³/mol. The van der Waals surface area contributed by atoms with Gasteiger partial charge in [0.05, 0.1) is 0 Å². The van der Waals surface area contributed by atoms with E-state index >= 15 is 0 Å². The molecule has 0 bridgehead atoms. The Morgan fingerprint density at radius 2 is 1.77 bits per heavy atom. The average molecular weight is 187 g/mol. The summed E-state index contributed by atoms with van der Waals surface area (Å²) in [5, 5.41) is 0. The number of carbonyl (C=O) groups excluding carboxylic acids is 1. The smallest absolute Gasteiger partial charge is 0.222 e. The lowest BCUT2D eigenvalue weighted by atomic mass is 10.1. The van der Waals surface area contributed by atoms with E-state index in [1.165, 1.54) is 0 Å². The van der Waals surface area contributed by atoms with Crippen molar-refractivity contribution >= 4 is 5.91 Å². The standard InChI is InChI=1S/C9H19NO.C2H6/c1-5-10(4)9(11)7-6-8(2)3;1-2/h8H,5-7H2,1-4H3;1-2H3. The van der Waals surface area contributed by atoms with Gasteiger partial charge in [0.15, 0.2) is 0 Å². The van der Waals surface area contributed by atoms with Gasteiger partial charge < -0.3 is 4.90 Å². The molecule has 2 heteroatoms. The van der Waals surface area contributed by atoms with E-state index in [9.17, 15) is 4.79 Å². The number of nitrogens with zero attached hydrogens (tertiary/aromatic N) is 1. The van der Waals surface area contributed by atoms with Gasteiger partial charge >= 0.3 is 0 Å². The molecule has 0 aromatic rings. The lowest BCUT2D eigenvalue weighted by Crippen LogP contribution is -2.26. The molecule has 0 saturated carbocycles. The van der Waals surface area contributed by atoms with Crippen LogP contribution >= 0.6 is 0 Å². The Balaban J connectivity index is 0. The quantitative estimate of drug-likeness (QED) is 0.662. The highest BCUT2D eigenvalue weighted by Crippen LogP contribution is 2.04. The molecule has 0 aliphatic rings. The Labute approximate surface area is 83.3 Å². The van der Waals surface area contributed by atoms with Crippen molar-refractivity contribution in [3.05, 3.63) is 0 Å². The zero-order valence-electron chi connectivity index (χ0n) is 10.1. The SMILES string of the molecule is CC.CCN(C)C(=O)CCC(C)C. The summed E-state index contributed by atoms with van der Waals surface area (Å²) < 4.78 is 0. The molecule has 0 fully saturated rings. The van der Waals surface area contributed by atoms with Crippen molar-refractivity contribution in [3.63, 3.8) is 0 Å². The summed E-state index contributed by atoms with van der Waals surface area (Å²) in [5.41, 5.74) is 0. The fraction of sp³-hybridized carbons (Fsp3) is 0.909. The van der Waals surface area contributed by atoms with Crippen molar-refractivity contribution < 1.29 is 4.79 Å². The minimum Gasteiger partial charge on any atom is -0.346 e. The van der Waals surface area contributed by atoms with Crippen molar-refractivity contribution in [1.82, 2.24) is 4.90 Å². The minimum absolute atomic E-state index is 0.265. The first-order chi connectivity index (χ1) is 6.07. The van der Waals surface area contributed by atoms with Crippen molar-refractivity contribution in [3.8, 4) is 0 Å². The lowest BCUT2D eigenvalue weighted by Gasteiger charge is -2.14. The van der Waals surface area contributed by atoms with Gasteiger partial charge in [-0.25, -0.2) is 0 Å². The van der Waals surface area contributed by atoms with E-state index in [-0.39, 0.29) is 5.91 Å². The van der Waals surface area contributed by atoms with Crippen LogP contribution in [0.1, 0.15) is 47.5 Å². The summed E-state index contributed by atoms with van der Waals surface area (Å²) in [6.45, 7) is 11.1. The molecule has 0 rings (SSSR count). The Kier molecular flexibility index (Phi) is 11.0. The van der Waals surface area contributed by atoms with Crippen LogP contribution in [0, 0.1) is 5.92 Å². The average Bonchev–Trinajstić information content (AvgIpc) is 2.16. The van der Waals surface area contributed by atoms with Crippen LogP contribution in [0.3, 0.4) is 0 Å². The third kappa shape index (κ3) is 9.38. The fourth-order valence-corrected chi connectivity index (χ4v) is 0.779. The molecule has 0 aromatic heterocycles. The molecule has 1 amide bonds. The van der Waals surface area contributed by atoms with Crippen LogP contribution in [-0.4, -0.2) is 24.4 Å². The summed E-state index contributed by atoms with van der Waals surface area (Å²) in [7, 11) is 1.85. The molecule has 13 heavy (non-hydrogen) atoms. The molecule has 80 valence electrons. The van der Waals surface area contributed by atoms with E-state index in [4.69, 9.17) is 0 Å². The van der Waals surface area contributed by atoms with Crippen LogP contribution in [0.15, 0.2) is 0 Å². The van der Waals surface area contributed by atoms with Crippen molar-refractivity contribution in [2.75, 3.05) is 13.6 Å². The zero-order chi connectivity index (χ0) is 10.9. The first-order valence-electron chi connectivity index (χ1n) is 5.31. The lowest BCUT2D eigenvalue weighted by molar-refractivity contribution is -0.129. The van der Waals surface area contributed by atoms with Crippen molar-refractivity contribution in [1.29, 1.82) is 0 Å². The van der Waals surface area contributed by atoms with Crippen LogP contribution in [0.5, 0.6) is 0 Å². The van der Waals surface area contributed by atoms with E-state index < -0.39 is 0 Å². The molecular formula is C11H25NO. The predicted octanol–water partition coefficient (Wildman–Crippen LogP) is 2.93. The zero-order valence-corrected chi connectivity index (χ0v) is 10.1.